The molecule has 8 nitrogen and oxygen atoms in total. The molecule has 1 amide bonds. The van der Waals surface area contributed by atoms with Gasteiger partial charge in [-0.3, -0.25) is 4.90 Å². The molecule has 0 N–H and O–H groups in total. The van der Waals surface area contributed by atoms with Crippen LogP contribution in [0.2, 0.25) is 0 Å². The van der Waals surface area contributed by atoms with Gasteiger partial charge in [-0.1, -0.05) is 6.08 Å². The molecule has 8 heteroatoms. The first-order valence-electron chi connectivity index (χ1n) is 9.83. The summed E-state index contributed by atoms with van der Waals surface area (Å²) in [4.78, 5) is 26.2. The van der Waals surface area contributed by atoms with Crippen LogP contribution in [0.5, 0.6) is 17.2 Å². The molecule has 0 saturated carbocycles. The monoisotopic (exact) mass is 421 g/mol. The minimum absolute atomic E-state index is 0.0645. The van der Waals surface area contributed by atoms with Crippen molar-refractivity contribution in [2.24, 2.45) is 0 Å². The van der Waals surface area contributed by atoms with E-state index in [2.05, 4.69) is 0 Å². The predicted octanol–water partition coefficient (Wildman–Crippen LogP) is 3.67. The number of hydrogen-bond donors (Lipinski definition) is 0. The summed E-state index contributed by atoms with van der Waals surface area (Å²) in [5, 5.41) is 0. The first-order chi connectivity index (χ1) is 14.2. The number of methoxy groups -OCH3 is 3. The Hall–Kier alpha value is -2.90. The molecule has 2 rings (SSSR count). The van der Waals surface area contributed by atoms with Gasteiger partial charge in [0.25, 0.3) is 0 Å². The van der Waals surface area contributed by atoms with Gasteiger partial charge in [-0.15, -0.1) is 0 Å². The molecule has 0 radical (unpaired) electrons. The molecule has 1 aromatic rings. The maximum Gasteiger partial charge on any atom is 0.411 e. The molecule has 1 atom stereocenters. The Morgan fingerprint density at radius 1 is 1.07 bits per heavy atom. The van der Waals surface area contributed by atoms with Crippen molar-refractivity contribution in [1.29, 1.82) is 0 Å². The largest absolute Gasteiger partial charge is 0.496 e. The van der Waals surface area contributed by atoms with Gasteiger partial charge in [-0.05, 0) is 45.8 Å². The maximum absolute atomic E-state index is 12.5. The van der Waals surface area contributed by atoms with Gasteiger partial charge in [0.1, 0.15) is 24.0 Å². The highest BCUT2D eigenvalue weighted by Crippen LogP contribution is 2.35. The molecule has 0 aromatic heterocycles. The number of esters is 1. The summed E-state index contributed by atoms with van der Waals surface area (Å²) in [5.74, 6) is 1.28. The fourth-order valence-electron chi connectivity index (χ4n) is 3.14. The fraction of sp³-hybridized carbons (Fsp3) is 0.545. The normalized spacial score (nSPS) is 16.5. The third-order valence-electron chi connectivity index (χ3n) is 4.51. The van der Waals surface area contributed by atoms with E-state index in [1.54, 1.807) is 66.4 Å². The Balaban J connectivity index is 1.98. The molecule has 1 unspecified atom stereocenters. The number of hydrogen-bond acceptors (Lipinski definition) is 7. The van der Waals surface area contributed by atoms with Crippen molar-refractivity contribution in [3.63, 3.8) is 0 Å². The van der Waals surface area contributed by atoms with Crippen LogP contribution in [0, 0.1) is 0 Å². The van der Waals surface area contributed by atoms with Gasteiger partial charge in [0, 0.05) is 18.2 Å². The van der Waals surface area contributed by atoms with Gasteiger partial charge in [0.2, 0.25) is 0 Å². The highest BCUT2D eigenvalue weighted by atomic mass is 16.6. The second kappa shape index (κ2) is 10.2. The average molecular weight is 421 g/mol. The standard InChI is InChI=1S/C22H31NO7/c1-22(2,3)30-21(25)23-11-7-10-16(23)20(24)29-12-8-9-15-13-18(27-5)19(28-6)14-17(15)26-4/h8-9,13-14,16H,7,10-12H2,1-6H3/b9-8+. The van der Waals surface area contributed by atoms with Gasteiger partial charge in [-0.2, -0.15) is 0 Å². The topological polar surface area (TPSA) is 83.5 Å². The van der Waals surface area contributed by atoms with E-state index >= 15 is 0 Å². The fourth-order valence-corrected chi connectivity index (χ4v) is 3.14. The third kappa shape index (κ3) is 6.05. The summed E-state index contributed by atoms with van der Waals surface area (Å²) < 4.78 is 26.7. The zero-order valence-corrected chi connectivity index (χ0v) is 18.5. The van der Waals surface area contributed by atoms with E-state index in [1.165, 1.54) is 4.90 Å². The molecule has 0 aliphatic carbocycles. The number of carbonyl (C=O) groups is 2. The second-order valence-corrected chi connectivity index (χ2v) is 7.81. The van der Waals surface area contributed by atoms with Gasteiger partial charge in [0.05, 0.1) is 21.3 Å². The number of ether oxygens (including phenoxy) is 5. The quantitative estimate of drug-likeness (QED) is 0.621. The summed E-state index contributed by atoms with van der Waals surface area (Å²) in [7, 11) is 4.66. The van der Waals surface area contributed by atoms with E-state index in [0.717, 1.165) is 12.0 Å². The van der Waals surface area contributed by atoms with Crippen molar-refractivity contribution in [2.75, 3.05) is 34.5 Å². The average Bonchev–Trinajstić information content (AvgIpc) is 3.19. The lowest BCUT2D eigenvalue weighted by atomic mass is 10.1. The summed E-state index contributed by atoms with van der Waals surface area (Å²) in [6.45, 7) is 5.92. The summed E-state index contributed by atoms with van der Waals surface area (Å²) in [6, 6.07) is 2.88. The first kappa shape index (κ1) is 23.4. The smallest absolute Gasteiger partial charge is 0.411 e. The van der Waals surface area contributed by atoms with Crippen molar-refractivity contribution in [3.05, 3.63) is 23.8 Å². The lowest BCUT2D eigenvalue weighted by Crippen LogP contribution is -2.44. The molecule has 0 spiro atoms. The Morgan fingerprint density at radius 2 is 1.70 bits per heavy atom. The molecule has 1 aliphatic heterocycles. The zero-order chi connectivity index (χ0) is 22.3. The SMILES string of the molecule is COc1cc(OC)c(OC)cc1/C=C/COC(=O)C1CCCN1C(=O)OC(C)(C)C. The summed E-state index contributed by atoms with van der Waals surface area (Å²) in [6.07, 6.45) is 4.28. The van der Waals surface area contributed by atoms with Crippen molar-refractivity contribution in [2.45, 2.75) is 45.3 Å². The molecular weight excluding hydrogens is 390 g/mol. The van der Waals surface area contributed by atoms with Crippen LogP contribution in [0.4, 0.5) is 4.79 Å². The molecule has 1 saturated heterocycles. The summed E-state index contributed by atoms with van der Waals surface area (Å²) >= 11 is 0. The number of carbonyl (C=O) groups excluding carboxylic acids is 2. The highest BCUT2D eigenvalue weighted by Gasteiger charge is 2.37. The van der Waals surface area contributed by atoms with Crippen molar-refractivity contribution < 1.29 is 33.3 Å². The number of rotatable bonds is 7. The molecule has 1 fully saturated rings. The number of amides is 1. The molecule has 1 heterocycles. The van der Waals surface area contributed by atoms with E-state index in [4.69, 9.17) is 23.7 Å². The van der Waals surface area contributed by atoms with Gasteiger partial charge >= 0.3 is 12.1 Å². The molecule has 30 heavy (non-hydrogen) atoms. The second-order valence-electron chi connectivity index (χ2n) is 7.81. The van der Waals surface area contributed by atoms with Crippen LogP contribution in [-0.4, -0.2) is 63.1 Å². The Labute approximate surface area is 177 Å². The van der Waals surface area contributed by atoms with Crippen LogP contribution in [0.25, 0.3) is 6.08 Å². The minimum Gasteiger partial charge on any atom is -0.496 e. The van der Waals surface area contributed by atoms with E-state index in [9.17, 15) is 9.59 Å². The van der Waals surface area contributed by atoms with E-state index in [1.807, 2.05) is 0 Å². The van der Waals surface area contributed by atoms with Crippen LogP contribution >= 0.6 is 0 Å². The Morgan fingerprint density at radius 3 is 2.30 bits per heavy atom. The Bertz CT molecular complexity index is 782. The molecular formula is C22H31NO7. The zero-order valence-electron chi connectivity index (χ0n) is 18.5. The van der Waals surface area contributed by atoms with E-state index in [0.29, 0.717) is 30.2 Å². The first-order valence-corrected chi connectivity index (χ1v) is 9.83. The van der Waals surface area contributed by atoms with Gasteiger partial charge in [0.15, 0.2) is 11.5 Å². The lowest BCUT2D eigenvalue weighted by molar-refractivity contribution is -0.147. The van der Waals surface area contributed by atoms with Crippen LogP contribution in [0.1, 0.15) is 39.2 Å². The summed E-state index contributed by atoms with van der Waals surface area (Å²) in [5.41, 5.74) is 0.137. The number of likely N-dealkylation sites (tertiary alicyclic amines) is 1. The molecule has 0 bridgehead atoms. The minimum atomic E-state index is -0.621. The molecule has 1 aromatic carbocycles. The van der Waals surface area contributed by atoms with Crippen molar-refractivity contribution >= 4 is 18.1 Å². The number of benzene rings is 1. The number of nitrogens with zero attached hydrogens (tertiary/aromatic N) is 1. The maximum atomic E-state index is 12.5. The van der Waals surface area contributed by atoms with Crippen LogP contribution in [0.3, 0.4) is 0 Å². The third-order valence-corrected chi connectivity index (χ3v) is 4.51. The van der Waals surface area contributed by atoms with Crippen molar-refractivity contribution in [3.8, 4) is 17.2 Å². The molecule has 166 valence electrons. The van der Waals surface area contributed by atoms with Crippen LogP contribution < -0.4 is 14.2 Å². The van der Waals surface area contributed by atoms with E-state index in [-0.39, 0.29) is 6.61 Å². The highest BCUT2D eigenvalue weighted by molar-refractivity contribution is 5.82. The van der Waals surface area contributed by atoms with Crippen LogP contribution in [0.15, 0.2) is 18.2 Å². The van der Waals surface area contributed by atoms with Gasteiger partial charge < -0.3 is 23.7 Å². The predicted molar refractivity (Wildman–Crippen MR) is 112 cm³/mol. The lowest BCUT2D eigenvalue weighted by Gasteiger charge is -2.27. The Kier molecular flexibility index (Phi) is 7.97. The van der Waals surface area contributed by atoms with E-state index < -0.39 is 23.7 Å². The van der Waals surface area contributed by atoms with Crippen molar-refractivity contribution in [1.82, 2.24) is 4.90 Å². The molecule has 1 aliphatic rings. The van der Waals surface area contributed by atoms with Crippen LogP contribution in [-0.2, 0) is 14.3 Å². The van der Waals surface area contributed by atoms with Gasteiger partial charge in [-0.25, -0.2) is 9.59 Å².